The fraction of sp³-hybridized carbons (Fsp3) is 0.350. The normalized spacial score (nSPS) is 21.9. The van der Waals surface area contributed by atoms with Crippen LogP contribution in [-0.2, 0) is 4.79 Å². The molecule has 1 aliphatic heterocycles. The zero-order chi connectivity index (χ0) is 17.8. The Labute approximate surface area is 147 Å². The Kier molecular flexibility index (Phi) is 5.46. The van der Waals surface area contributed by atoms with Crippen LogP contribution >= 0.6 is 0 Å². The predicted octanol–water partition coefficient (Wildman–Crippen LogP) is 2.43. The number of benzene rings is 2. The average molecular weight is 341 g/mol. The molecule has 4 nitrogen and oxygen atoms in total. The first-order valence-corrected chi connectivity index (χ1v) is 8.60. The number of hydrogen-bond acceptors (Lipinski definition) is 3. The molecule has 3 atom stereocenters. The van der Waals surface area contributed by atoms with E-state index in [4.69, 9.17) is 5.73 Å². The molecule has 1 saturated heterocycles. The van der Waals surface area contributed by atoms with Crippen LogP contribution in [0.2, 0.25) is 0 Å². The van der Waals surface area contributed by atoms with Gasteiger partial charge in [0.1, 0.15) is 5.82 Å². The molecule has 3 rings (SSSR count). The number of nitrogens with one attached hydrogen (secondary N) is 1. The Morgan fingerprint density at radius 3 is 2.56 bits per heavy atom. The second kappa shape index (κ2) is 7.76. The van der Waals surface area contributed by atoms with Crippen LogP contribution in [0.3, 0.4) is 0 Å². The van der Waals surface area contributed by atoms with Crippen molar-refractivity contribution in [2.45, 2.75) is 24.9 Å². The van der Waals surface area contributed by atoms with E-state index in [0.717, 1.165) is 12.1 Å². The highest BCUT2D eigenvalue weighted by Crippen LogP contribution is 2.26. The highest BCUT2D eigenvalue weighted by atomic mass is 19.1. The van der Waals surface area contributed by atoms with E-state index in [-0.39, 0.29) is 29.7 Å². The van der Waals surface area contributed by atoms with E-state index in [0.29, 0.717) is 13.1 Å². The summed E-state index contributed by atoms with van der Waals surface area (Å²) < 4.78 is 13.0. The predicted molar refractivity (Wildman–Crippen MR) is 96.6 cm³/mol. The van der Waals surface area contributed by atoms with Gasteiger partial charge in [-0.3, -0.25) is 9.69 Å². The van der Waals surface area contributed by atoms with Gasteiger partial charge in [-0.15, -0.1) is 0 Å². The molecule has 1 unspecified atom stereocenters. The second-order valence-corrected chi connectivity index (χ2v) is 6.72. The van der Waals surface area contributed by atoms with Crippen LogP contribution in [0.4, 0.5) is 4.39 Å². The summed E-state index contributed by atoms with van der Waals surface area (Å²) in [6.45, 7) is 3.71. The first-order valence-electron chi connectivity index (χ1n) is 8.60. The molecular weight excluding hydrogens is 317 g/mol. The van der Waals surface area contributed by atoms with E-state index in [9.17, 15) is 9.18 Å². The molecule has 3 N–H and O–H groups in total. The van der Waals surface area contributed by atoms with E-state index in [1.165, 1.54) is 17.7 Å². The van der Waals surface area contributed by atoms with Crippen LogP contribution < -0.4 is 11.1 Å². The maximum Gasteiger partial charge on any atom is 0.234 e. The van der Waals surface area contributed by atoms with Crippen molar-refractivity contribution in [2.75, 3.05) is 19.6 Å². The molecule has 132 valence electrons. The Bertz CT molecular complexity index is 705. The number of halogens is 1. The van der Waals surface area contributed by atoms with Crippen LogP contribution in [0.1, 0.15) is 30.0 Å². The van der Waals surface area contributed by atoms with Crippen LogP contribution in [0.5, 0.6) is 0 Å². The van der Waals surface area contributed by atoms with Gasteiger partial charge in [-0.1, -0.05) is 42.5 Å². The van der Waals surface area contributed by atoms with E-state index in [1.807, 2.05) is 25.1 Å². The topological polar surface area (TPSA) is 58.4 Å². The first kappa shape index (κ1) is 17.6. The van der Waals surface area contributed by atoms with Crippen molar-refractivity contribution in [1.82, 2.24) is 10.2 Å². The van der Waals surface area contributed by atoms with Crippen LogP contribution in [0, 0.1) is 5.82 Å². The molecule has 0 aromatic heterocycles. The molecule has 0 bridgehead atoms. The second-order valence-electron chi connectivity index (χ2n) is 6.72. The molecule has 0 spiro atoms. The molecule has 25 heavy (non-hydrogen) atoms. The van der Waals surface area contributed by atoms with Gasteiger partial charge in [-0.05, 0) is 30.2 Å². The van der Waals surface area contributed by atoms with Gasteiger partial charge in [0.2, 0.25) is 5.91 Å². The summed E-state index contributed by atoms with van der Waals surface area (Å²) in [4.78, 5) is 14.4. The molecule has 0 saturated carbocycles. The molecule has 1 aliphatic rings. The third-order valence-corrected chi connectivity index (χ3v) is 4.78. The third kappa shape index (κ3) is 4.44. The van der Waals surface area contributed by atoms with Crippen molar-refractivity contribution >= 4 is 5.91 Å². The maximum atomic E-state index is 13.0. The molecule has 1 heterocycles. The summed E-state index contributed by atoms with van der Waals surface area (Å²) >= 11 is 0. The highest BCUT2D eigenvalue weighted by Gasteiger charge is 2.32. The fourth-order valence-electron chi connectivity index (χ4n) is 3.42. The van der Waals surface area contributed by atoms with Gasteiger partial charge in [0, 0.05) is 25.0 Å². The van der Waals surface area contributed by atoms with Gasteiger partial charge >= 0.3 is 0 Å². The number of nitrogens with zero attached hydrogens (tertiary/aromatic N) is 1. The van der Waals surface area contributed by atoms with Crippen molar-refractivity contribution in [1.29, 1.82) is 0 Å². The fourth-order valence-corrected chi connectivity index (χ4v) is 3.42. The standard InChI is InChI=1S/C20H24FN3O/c1-14(15-7-9-17(21)10-8-15)23-20(25)13-24-11-18(19(22)12-24)16-5-3-2-4-6-16/h2-10,14,18-19H,11-13,22H2,1H3,(H,23,25)/t14?,18-,19+/m0/s1. The lowest BCUT2D eigenvalue weighted by Gasteiger charge is -2.19. The van der Waals surface area contributed by atoms with E-state index < -0.39 is 0 Å². The summed E-state index contributed by atoms with van der Waals surface area (Å²) in [6.07, 6.45) is 0. The number of carbonyl (C=O) groups is 1. The number of carbonyl (C=O) groups excluding carboxylic acids is 1. The van der Waals surface area contributed by atoms with Gasteiger partial charge < -0.3 is 11.1 Å². The number of rotatable bonds is 5. The number of amides is 1. The SMILES string of the molecule is CC(NC(=O)CN1C[C@@H](N)[C@H](c2ccccc2)C1)c1ccc(F)cc1. The molecular formula is C20H24FN3O. The Hall–Kier alpha value is -2.24. The van der Waals surface area contributed by atoms with Gasteiger partial charge in [-0.25, -0.2) is 4.39 Å². The van der Waals surface area contributed by atoms with Crippen molar-refractivity contribution in [2.24, 2.45) is 5.73 Å². The summed E-state index contributed by atoms with van der Waals surface area (Å²) in [5.74, 6) is -0.0680. The third-order valence-electron chi connectivity index (χ3n) is 4.78. The van der Waals surface area contributed by atoms with Gasteiger partial charge in [0.05, 0.1) is 12.6 Å². The number of hydrogen-bond donors (Lipinski definition) is 2. The Morgan fingerprint density at radius 2 is 1.88 bits per heavy atom. The van der Waals surface area contributed by atoms with E-state index in [1.54, 1.807) is 12.1 Å². The lowest BCUT2D eigenvalue weighted by molar-refractivity contribution is -0.122. The average Bonchev–Trinajstić information content (AvgIpc) is 2.96. The number of nitrogens with two attached hydrogens (primary N) is 1. The lowest BCUT2D eigenvalue weighted by atomic mass is 9.95. The lowest BCUT2D eigenvalue weighted by Crippen LogP contribution is -2.38. The molecule has 0 aliphatic carbocycles. The highest BCUT2D eigenvalue weighted by molar-refractivity contribution is 5.78. The summed E-state index contributed by atoms with van der Waals surface area (Å²) in [6, 6.07) is 16.3. The van der Waals surface area contributed by atoms with Crippen molar-refractivity contribution in [3.05, 3.63) is 71.5 Å². The molecule has 2 aromatic rings. The van der Waals surface area contributed by atoms with Crippen molar-refractivity contribution in [3.63, 3.8) is 0 Å². The van der Waals surface area contributed by atoms with E-state index in [2.05, 4.69) is 22.3 Å². The van der Waals surface area contributed by atoms with Gasteiger partial charge in [0.15, 0.2) is 0 Å². The van der Waals surface area contributed by atoms with Crippen molar-refractivity contribution < 1.29 is 9.18 Å². The minimum atomic E-state index is -0.278. The van der Waals surface area contributed by atoms with Gasteiger partial charge in [-0.2, -0.15) is 0 Å². The summed E-state index contributed by atoms with van der Waals surface area (Å²) in [5.41, 5.74) is 8.38. The minimum Gasteiger partial charge on any atom is -0.348 e. The molecule has 5 heteroatoms. The summed E-state index contributed by atoms with van der Waals surface area (Å²) in [7, 11) is 0. The van der Waals surface area contributed by atoms with Gasteiger partial charge in [0.25, 0.3) is 0 Å². The Morgan fingerprint density at radius 1 is 1.20 bits per heavy atom. The molecule has 1 fully saturated rings. The van der Waals surface area contributed by atoms with Crippen LogP contribution in [-0.4, -0.2) is 36.5 Å². The summed E-state index contributed by atoms with van der Waals surface area (Å²) in [5, 5.41) is 2.97. The monoisotopic (exact) mass is 341 g/mol. The Balaban J connectivity index is 1.54. The van der Waals surface area contributed by atoms with E-state index >= 15 is 0 Å². The molecule has 1 amide bonds. The quantitative estimate of drug-likeness (QED) is 0.878. The zero-order valence-electron chi connectivity index (χ0n) is 14.4. The molecule has 2 aromatic carbocycles. The minimum absolute atomic E-state index is 0.0322. The van der Waals surface area contributed by atoms with Crippen LogP contribution in [0.25, 0.3) is 0 Å². The number of likely N-dealkylation sites (tertiary alicyclic amines) is 1. The molecule has 0 radical (unpaired) electrons. The maximum absolute atomic E-state index is 13.0. The zero-order valence-corrected chi connectivity index (χ0v) is 14.4. The first-order chi connectivity index (χ1) is 12.0. The van der Waals surface area contributed by atoms with Crippen LogP contribution in [0.15, 0.2) is 54.6 Å². The largest absolute Gasteiger partial charge is 0.348 e. The van der Waals surface area contributed by atoms with Crippen molar-refractivity contribution in [3.8, 4) is 0 Å². The smallest absolute Gasteiger partial charge is 0.234 e.